The lowest BCUT2D eigenvalue weighted by Gasteiger charge is -2.38. The van der Waals surface area contributed by atoms with Gasteiger partial charge in [-0.05, 0) is 36.1 Å². The molecule has 1 spiro atoms. The lowest BCUT2D eigenvalue weighted by atomic mass is 9.74. The van der Waals surface area contributed by atoms with Gasteiger partial charge in [-0.3, -0.25) is 4.90 Å². The van der Waals surface area contributed by atoms with Gasteiger partial charge in [0.2, 0.25) is 0 Å². The van der Waals surface area contributed by atoms with Crippen molar-refractivity contribution in [1.82, 2.24) is 4.90 Å². The van der Waals surface area contributed by atoms with E-state index in [9.17, 15) is 4.39 Å². The Bertz CT molecular complexity index is 534. The smallest absolute Gasteiger partial charge is 0.123 e. The molecular formula is C15H15FN2. The highest BCUT2D eigenvalue weighted by molar-refractivity contribution is 5.65. The normalized spacial score (nSPS) is 20.9. The zero-order valence-electron chi connectivity index (χ0n) is 10.2. The third kappa shape index (κ3) is 1.74. The molecule has 0 N–H and O–H groups in total. The van der Waals surface area contributed by atoms with E-state index in [0.717, 1.165) is 37.1 Å². The highest BCUT2D eigenvalue weighted by Gasteiger charge is 2.38. The number of nitriles is 1. The minimum atomic E-state index is -0.156. The van der Waals surface area contributed by atoms with E-state index in [1.807, 2.05) is 6.07 Å². The van der Waals surface area contributed by atoms with Crippen molar-refractivity contribution in [2.75, 3.05) is 19.6 Å². The van der Waals surface area contributed by atoms with Crippen LogP contribution < -0.4 is 0 Å². The van der Waals surface area contributed by atoms with Crippen molar-refractivity contribution in [2.45, 2.75) is 18.3 Å². The van der Waals surface area contributed by atoms with E-state index in [2.05, 4.69) is 23.1 Å². The Morgan fingerprint density at radius 3 is 2.83 bits per heavy atom. The minimum absolute atomic E-state index is 0.00336. The van der Waals surface area contributed by atoms with Gasteiger partial charge in [0.15, 0.2) is 0 Å². The van der Waals surface area contributed by atoms with Crippen molar-refractivity contribution < 1.29 is 4.39 Å². The molecule has 1 aromatic rings. The van der Waals surface area contributed by atoms with E-state index < -0.39 is 0 Å². The van der Waals surface area contributed by atoms with E-state index >= 15 is 0 Å². The van der Waals surface area contributed by atoms with Crippen molar-refractivity contribution in [3.8, 4) is 6.07 Å². The molecule has 0 bridgehead atoms. The van der Waals surface area contributed by atoms with Crippen molar-refractivity contribution in [2.24, 2.45) is 0 Å². The first-order chi connectivity index (χ1) is 8.73. The molecule has 1 aromatic carbocycles. The van der Waals surface area contributed by atoms with Crippen LogP contribution in [0.2, 0.25) is 0 Å². The fourth-order valence-electron chi connectivity index (χ4n) is 3.09. The zero-order chi connectivity index (χ0) is 12.6. The molecule has 1 fully saturated rings. The molecule has 2 aliphatic rings. The highest BCUT2D eigenvalue weighted by Crippen LogP contribution is 2.43. The van der Waals surface area contributed by atoms with Gasteiger partial charge in [0.1, 0.15) is 5.82 Å². The maximum Gasteiger partial charge on any atom is 0.123 e. The Morgan fingerprint density at radius 2 is 2.11 bits per heavy atom. The van der Waals surface area contributed by atoms with E-state index in [1.165, 1.54) is 6.07 Å². The van der Waals surface area contributed by atoms with E-state index in [1.54, 1.807) is 6.07 Å². The molecule has 0 saturated carbocycles. The number of halogens is 1. The second-order valence-electron chi connectivity index (χ2n) is 5.16. The van der Waals surface area contributed by atoms with Crippen LogP contribution in [0.5, 0.6) is 0 Å². The van der Waals surface area contributed by atoms with Gasteiger partial charge >= 0.3 is 0 Å². The second-order valence-corrected chi connectivity index (χ2v) is 5.16. The van der Waals surface area contributed by atoms with Crippen LogP contribution in [0.3, 0.4) is 0 Å². The number of piperidine rings is 1. The van der Waals surface area contributed by atoms with Crippen LogP contribution in [-0.2, 0) is 5.41 Å². The first-order valence-corrected chi connectivity index (χ1v) is 6.32. The first-order valence-electron chi connectivity index (χ1n) is 6.32. The van der Waals surface area contributed by atoms with E-state index in [4.69, 9.17) is 5.26 Å². The molecule has 1 aliphatic heterocycles. The topological polar surface area (TPSA) is 27.0 Å². The Hall–Kier alpha value is -1.66. The summed E-state index contributed by atoms with van der Waals surface area (Å²) in [4.78, 5) is 2.16. The molecular weight excluding hydrogens is 227 g/mol. The third-order valence-electron chi connectivity index (χ3n) is 4.18. The maximum atomic E-state index is 13.4. The Labute approximate surface area is 106 Å². The maximum absolute atomic E-state index is 13.4. The van der Waals surface area contributed by atoms with Crippen LogP contribution in [0.1, 0.15) is 24.0 Å². The zero-order valence-corrected chi connectivity index (χ0v) is 10.2. The van der Waals surface area contributed by atoms with Crippen LogP contribution in [0, 0.1) is 17.1 Å². The average molecular weight is 242 g/mol. The second kappa shape index (κ2) is 4.22. The molecule has 18 heavy (non-hydrogen) atoms. The lowest BCUT2D eigenvalue weighted by molar-refractivity contribution is 0.202. The first kappa shape index (κ1) is 11.4. The number of allylic oxidation sites excluding steroid dienone is 1. The summed E-state index contributed by atoms with van der Waals surface area (Å²) in [5.41, 5.74) is 2.27. The van der Waals surface area contributed by atoms with Gasteiger partial charge in [0.05, 0.1) is 12.6 Å². The Kier molecular flexibility index (Phi) is 2.68. The third-order valence-corrected chi connectivity index (χ3v) is 4.18. The monoisotopic (exact) mass is 242 g/mol. The standard InChI is InChI=1S/C15H15FN2/c16-13-2-1-12-3-4-15(14(12)11-13)5-8-18(9-6-15)10-7-17/h1-4,11H,5-6,8-10H2. The molecule has 1 saturated heterocycles. The molecule has 0 atom stereocenters. The molecule has 0 radical (unpaired) electrons. The predicted octanol–water partition coefficient (Wildman–Crippen LogP) is 2.71. The van der Waals surface area contributed by atoms with Crippen molar-refractivity contribution >= 4 is 6.08 Å². The van der Waals surface area contributed by atoms with E-state index in [0.29, 0.717) is 6.54 Å². The summed E-state index contributed by atoms with van der Waals surface area (Å²) in [5.74, 6) is -0.156. The Morgan fingerprint density at radius 1 is 1.33 bits per heavy atom. The fraction of sp³-hybridized carbons (Fsp3) is 0.400. The van der Waals surface area contributed by atoms with Gasteiger partial charge in [-0.2, -0.15) is 5.26 Å². The summed E-state index contributed by atoms with van der Waals surface area (Å²) in [6.45, 7) is 2.32. The highest BCUT2D eigenvalue weighted by atomic mass is 19.1. The quantitative estimate of drug-likeness (QED) is 0.708. The summed E-state index contributed by atoms with van der Waals surface area (Å²) in [6.07, 6.45) is 6.28. The molecule has 92 valence electrons. The number of benzene rings is 1. The molecule has 3 rings (SSSR count). The predicted molar refractivity (Wildman–Crippen MR) is 68.4 cm³/mol. The summed E-state index contributed by atoms with van der Waals surface area (Å²) in [7, 11) is 0. The number of hydrogen-bond acceptors (Lipinski definition) is 2. The number of rotatable bonds is 1. The van der Waals surface area contributed by atoms with Crippen LogP contribution in [0.25, 0.3) is 6.08 Å². The molecule has 2 nitrogen and oxygen atoms in total. The van der Waals surface area contributed by atoms with E-state index in [-0.39, 0.29) is 11.2 Å². The molecule has 1 aliphatic carbocycles. The number of nitrogens with zero attached hydrogens (tertiary/aromatic N) is 2. The molecule has 3 heteroatoms. The van der Waals surface area contributed by atoms with Crippen LogP contribution in [-0.4, -0.2) is 24.5 Å². The van der Waals surface area contributed by atoms with Gasteiger partial charge in [-0.1, -0.05) is 18.2 Å². The van der Waals surface area contributed by atoms with Crippen molar-refractivity contribution in [3.63, 3.8) is 0 Å². The molecule has 0 unspecified atom stereocenters. The van der Waals surface area contributed by atoms with Crippen molar-refractivity contribution in [3.05, 3.63) is 41.2 Å². The van der Waals surface area contributed by atoms with Gasteiger partial charge in [-0.15, -0.1) is 0 Å². The van der Waals surface area contributed by atoms with Gasteiger partial charge < -0.3 is 0 Å². The SMILES string of the molecule is N#CCN1CCC2(C=Cc3ccc(F)cc32)CC1. The summed E-state index contributed by atoms with van der Waals surface area (Å²) in [6, 6.07) is 7.25. The van der Waals surface area contributed by atoms with Crippen LogP contribution in [0.15, 0.2) is 24.3 Å². The van der Waals surface area contributed by atoms with Gasteiger partial charge in [0, 0.05) is 18.5 Å². The summed E-state index contributed by atoms with van der Waals surface area (Å²) in [5, 5.41) is 8.71. The summed E-state index contributed by atoms with van der Waals surface area (Å²) >= 11 is 0. The number of likely N-dealkylation sites (tertiary alicyclic amines) is 1. The average Bonchev–Trinajstić information content (AvgIpc) is 2.72. The molecule has 1 heterocycles. The number of hydrogen-bond donors (Lipinski definition) is 0. The lowest BCUT2D eigenvalue weighted by Crippen LogP contribution is -2.41. The van der Waals surface area contributed by atoms with Crippen molar-refractivity contribution in [1.29, 1.82) is 5.26 Å². The molecule has 0 amide bonds. The minimum Gasteiger partial charge on any atom is -0.291 e. The largest absolute Gasteiger partial charge is 0.291 e. The molecule has 0 aromatic heterocycles. The number of fused-ring (bicyclic) bond motifs is 2. The fourth-order valence-corrected chi connectivity index (χ4v) is 3.09. The Balaban J connectivity index is 1.86. The summed E-state index contributed by atoms with van der Waals surface area (Å²) < 4.78 is 13.4. The van der Waals surface area contributed by atoms with Crippen LogP contribution >= 0.6 is 0 Å². The van der Waals surface area contributed by atoms with Crippen LogP contribution in [0.4, 0.5) is 4.39 Å². The van der Waals surface area contributed by atoms with Gasteiger partial charge in [0.25, 0.3) is 0 Å². The van der Waals surface area contributed by atoms with Gasteiger partial charge in [-0.25, -0.2) is 4.39 Å².